The molecule has 2 unspecified atom stereocenters. The van der Waals surface area contributed by atoms with E-state index in [0.29, 0.717) is 12.6 Å². The molecule has 1 saturated heterocycles. The van der Waals surface area contributed by atoms with Gasteiger partial charge in [-0.15, -0.1) is 0 Å². The molecular weight excluding hydrogens is 281 g/mol. The van der Waals surface area contributed by atoms with Gasteiger partial charge in [0.15, 0.2) is 0 Å². The maximum Gasteiger partial charge on any atom is 0.416 e. The molecule has 0 amide bonds. The van der Waals surface area contributed by atoms with Crippen molar-refractivity contribution in [3.8, 4) is 0 Å². The first kappa shape index (κ1) is 16.3. The number of aliphatic hydroxyl groups excluding tert-OH is 1. The lowest BCUT2D eigenvalue weighted by Crippen LogP contribution is -2.57. The molecule has 0 saturated carbocycles. The fourth-order valence-corrected chi connectivity index (χ4v) is 2.77. The first-order valence-corrected chi connectivity index (χ1v) is 7.10. The lowest BCUT2D eigenvalue weighted by atomic mass is 10.0. The molecule has 3 atom stereocenters. The molecule has 6 heteroatoms. The van der Waals surface area contributed by atoms with Gasteiger partial charge in [0.1, 0.15) is 0 Å². The summed E-state index contributed by atoms with van der Waals surface area (Å²) in [4.78, 5) is 2.14. The van der Waals surface area contributed by atoms with Crippen LogP contribution in [0.2, 0.25) is 0 Å². The normalized spacial score (nSPS) is 25.8. The fourth-order valence-electron chi connectivity index (χ4n) is 2.77. The third-order valence-electron chi connectivity index (χ3n) is 4.08. The number of nitrogens with one attached hydrogen (secondary N) is 1. The van der Waals surface area contributed by atoms with E-state index < -0.39 is 11.7 Å². The van der Waals surface area contributed by atoms with Crippen molar-refractivity contribution in [2.45, 2.75) is 38.1 Å². The zero-order valence-corrected chi connectivity index (χ0v) is 12.2. The van der Waals surface area contributed by atoms with Crippen LogP contribution in [-0.4, -0.2) is 41.8 Å². The van der Waals surface area contributed by atoms with Crippen molar-refractivity contribution in [3.63, 3.8) is 0 Å². The molecule has 0 aliphatic carbocycles. The smallest absolute Gasteiger partial charge is 0.395 e. The summed E-state index contributed by atoms with van der Waals surface area (Å²) in [7, 11) is 0. The molecule has 118 valence electrons. The number of nitrogens with zero attached hydrogens (tertiary/aromatic N) is 1. The molecule has 2 N–H and O–H groups in total. The highest BCUT2D eigenvalue weighted by molar-refractivity contribution is 5.26. The van der Waals surface area contributed by atoms with Crippen LogP contribution in [0.1, 0.15) is 31.0 Å². The van der Waals surface area contributed by atoms with Gasteiger partial charge in [0.25, 0.3) is 0 Å². The summed E-state index contributed by atoms with van der Waals surface area (Å²) < 4.78 is 37.8. The van der Waals surface area contributed by atoms with Crippen LogP contribution >= 0.6 is 0 Å². The van der Waals surface area contributed by atoms with Crippen LogP contribution in [0, 0.1) is 0 Å². The van der Waals surface area contributed by atoms with Gasteiger partial charge in [0.2, 0.25) is 0 Å². The van der Waals surface area contributed by atoms with Crippen molar-refractivity contribution in [2.75, 3.05) is 19.7 Å². The SMILES string of the molecule is CC1CN(C(C)c2ccc(C(F)(F)F)cc2)[C@H](CO)CN1. The Labute approximate surface area is 122 Å². The summed E-state index contributed by atoms with van der Waals surface area (Å²) in [6.45, 7) is 5.49. The van der Waals surface area contributed by atoms with Gasteiger partial charge in [0, 0.05) is 31.2 Å². The monoisotopic (exact) mass is 302 g/mol. The third-order valence-corrected chi connectivity index (χ3v) is 4.08. The van der Waals surface area contributed by atoms with Crippen LogP contribution in [0.4, 0.5) is 13.2 Å². The molecule has 1 fully saturated rings. The average molecular weight is 302 g/mol. The summed E-state index contributed by atoms with van der Waals surface area (Å²) in [6.07, 6.45) is -4.31. The van der Waals surface area contributed by atoms with Crippen molar-refractivity contribution in [3.05, 3.63) is 35.4 Å². The Morgan fingerprint density at radius 2 is 1.95 bits per heavy atom. The molecule has 1 aliphatic rings. The van der Waals surface area contributed by atoms with Gasteiger partial charge in [-0.3, -0.25) is 4.90 Å². The fraction of sp³-hybridized carbons (Fsp3) is 0.600. The van der Waals surface area contributed by atoms with Crippen LogP contribution in [-0.2, 0) is 6.18 Å². The maximum atomic E-state index is 12.6. The maximum absolute atomic E-state index is 12.6. The second-order valence-electron chi connectivity index (χ2n) is 5.64. The molecule has 0 spiro atoms. The van der Waals surface area contributed by atoms with Crippen molar-refractivity contribution < 1.29 is 18.3 Å². The predicted molar refractivity (Wildman–Crippen MR) is 74.9 cm³/mol. The Hall–Kier alpha value is -1.11. The summed E-state index contributed by atoms with van der Waals surface area (Å²) >= 11 is 0. The van der Waals surface area contributed by atoms with E-state index in [0.717, 1.165) is 24.2 Å². The molecule has 0 radical (unpaired) electrons. The van der Waals surface area contributed by atoms with Crippen LogP contribution in [0.3, 0.4) is 0 Å². The van der Waals surface area contributed by atoms with Gasteiger partial charge in [-0.2, -0.15) is 13.2 Å². The molecule has 2 rings (SSSR count). The van der Waals surface area contributed by atoms with Gasteiger partial charge in [0.05, 0.1) is 12.2 Å². The minimum Gasteiger partial charge on any atom is -0.395 e. The highest BCUT2D eigenvalue weighted by Gasteiger charge is 2.32. The Morgan fingerprint density at radius 3 is 2.48 bits per heavy atom. The summed E-state index contributed by atoms with van der Waals surface area (Å²) in [5.74, 6) is 0. The van der Waals surface area contributed by atoms with Gasteiger partial charge in [-0.25, -0.2) is 0 Å². The van der Waals surface area contributed by atoms with E-state index in [1.807, 2.05) is 6.92 Å². The van der Waals surface area contributed by atoms with E-state index in [1.165, 1.54) is 12.1 Å². The number of aliphatic hydroxyl groups is 1. The van der Waals surface area contributed by atoms with E-state index in [1.54, 1.807) is 0 Å². The van der Waals surface area contributed by atoms with Gasteiger partial charge in [-0.1, -0.05) is 12.1 Å². The molecule has 1 aromatic rings. The summed E-state index contributed by atoms with van der Waals surface area (Å²) in [6, 6.07) is 5.53. The van der Waals surface area contributed by atoms with E-state index in [2.05, 4.69) is 17.1 Å². The number of rotatable bonds is 3. The number of piperazine rings is 1. The van der Waals surface area contributed by atoms with E-state index in [4.69, 9.17) is 0 Å². The lowest BCUT2D eigenvalue weighted by molar-refractivity contribution is -0.137. The van der Waals surface area contributed by atoms with Crippen molar-refractivity contribution >= 4 is 0 Å². The van der Waals surface area contributed by atoms with Gasteiger partial charge in [-0.05, 0) is 31.5 Å². The highest BCUT2D eigenvalue weighted by atomic mass is 19.4. The van der Waals surface area contributed by atoms with Crippen molar-refractivity contribution in [1.29, 1.82) is 0 Å². The van der Waals surface area contributed by atoms with Crippen molar-refractivity contribution in [1.82, 2.24) is 10.2 Å². The number of hydrogen-bond acceptors (Lipinski definition) is 3. The molecular formula is C15H21F3N2O. The topological polar surface area (TPSA) is 35.5 Å². The largest absolute Gasteiger partial charge is 0.416 e. The highest BCUT2D eigenvalue weighted by Crippen LogP contribution is 2.31. The Balaban J connectivity index is 2.16. The molecule has 0 aromatic heterocycles. The zero-order chi connectivity index (χ0) is 15.6. The van der Waals surface area contributed by atoms with Crippen LogP contribution in [0.15, 0.2) is 24.3 Å². The molecule has 1 aliphatic heterocycles. The molecule has 3 nitrogen and oxygen atoms in total. The Kier molecular flexibility index (Phi) is 4.91. The summed E-state index contributed by atoms with van der Waals surface area (Å²) in [5, 5.41) is 12.8. The van der Waals surface area contributed by atoms with Crippen LogP contribution in [0.25, 0.3) is 0 Å². The molecule has 21 heavy (non-hydrogen) atoms. The third kappa shape index (κ3) is 3.75. The first-order valence-electron chi connectivity index (χ1n) is 7.10. The van der Waals surface area contributed by atoms with Crippen molar-refractivity contribution in [2.24, 2.45) is 0 Å². The van der Waals surface area contributed by atoms with E-state index in [9.17, 15) is 18.3 Å². The van der Waals surface area contributed by atoms with Crippen LogP contribution in [0.5, 0.6) is 0 Å². The molecule has 1 heterocycles. The standard InChI is InChI=1S/C15H21F3N2O/c1-10-8-20(14(9-21)7-19-10)11(2)12-3-5-13(6-4-12)15(16,17)18/h3-6,10-11,14,19,21H,7-9H2,1-2H3/t10?,11?,14-/m0/s1. The minimum absolute atomic E-state index is 0.0153. The quantitative estimate of drug-likeness (QED) is 0.900. The Morgan fingerprint density at radius 1 is 1.33 bits per heavy atom. The minimum atomic E-state index is -4.31. The van der Waals surface area contributed by atoms with E-state index in [-0.39, 0.29) is 18.7 Å². The zero-order valence-electron chi connectivity index (χ0n) is 12.2. The number of halogens is 3. The van der Waals surface area contributed by atoms with Gasteiger partial charge >= 0.3 is 6.18 Å². The second-order valence-corrected chi connectivity index (χ2v) is 5.64. The number of benzene rings is 1. The first-order chi connectivity index (χ1) is 9.82. The summed E-state index contributed by atoms with van der Waals surface area (Å²) in [5.41, 5.74) is 0.196. The number of alkyl halides is 3. The van der Waals surface area contributed by atoms with E-state index >= 15 is 0 Å². The van der Waals surface area contributed by atoms with Gasteiger partial charge < -0.3 is 10.4 Å². The predicted octanol–water partition coefficient (Wildman–Crippen LogP) is 2.42. The lowest BCUT2D eigenvalue weighted by Gasteiger charge is -2.42. The molecule has 1 aromatic carbocycles. The second kappa shape index (κ2) is 6.34. The average Bonchev–Trinajstić information content (AvgIpc) is 2.45. The molecule has 0 bridgehead atoms. The number of hydrogen-bond donors (Lipinski definition) is 2. The Bertz CT molecular complexity index is 461. The van der Waals surface area contributed by atoms with Crippen LogP contribution < -0.4 is 5.32 Å².